The van der Waals surface area contributed by atoms with Gasteiger partial charge in [0.2, 0.25) is 0 Å². The minimum Gasteiger partial charge on any atom is -0.377 e. The fourth-order valence-electron chi connectivity index (χ4n) is 1.51. The van der Waals surface area contributed by atoms with Gasteiger partial charge in [0.1, 0.15) is 5.78 Å². The molecule has 1 rings (SSSR count). The lowest BCUT2D eigenvalue weighted by atomic mass is 10.0. The third kappa shape index (κ3) is 2.59. The van der Waals surface area contributed by atoms with E-state index in [0.717, 1.165) is 11.3 Å². The van der Waals surface area contributed by atoms with Crippen molar-refractivity contribution in [3.05, 3.63) is 29.3 Å². The van der Waals surface area contributed by atoms with Gasteiger partial charge in [0.05, 0.1) is 0 Å². The van der Waals surface area contributed by atoms with Crippen LogP contribution in [0.25, 0.3) is 0 Å². The van der Waals surface area contributed by atoms with Crippen molar-refractivity contribution in [1.29, 1.82) is 0 Å². The van der Waals surface area contributed by atoms with Crippen LogP contribution >= 0.6 is 0 Å². The number of aryl methyl sites for hydroxylation is 1. The maximum absolute atomic E-state index is 11.1. The summed E-state index contributed by atoms with van der Waals surface area (Å²) >= 11 is 0. The molecule has 0 unspecified atom stereocenters. The molecule has 0 spiro atoms. The third-order valence-corrected chi connectivity index (χ3v) is 2.16. The summed E-state index contributed by atoms with van der Waals surface area (Å²) in [6.45, 7) is 3.68. The lowest BCUT2D eigenvalue weighted by Crippen LogP contribution is -2.12. The Morgan fingerprint density at radius 1 is 1.36 bits per heavy atom. The molecule has 0 bridgehead atoms. The van der Waals surface area contributed by atoms with E-state index >= 15 is 0 Å². The quantitative estimate of drug-likeness (QED) is 0.730. The van der Waals surface area contributed by atoms with E-state index in [9.17, 15) is 4.79 Å². The van der Waals surface area contributed by atoms with Crippen molar-refractivity contribution in [2.75, 3.05) is 19.0 Å². The second kappa shape index (κ2) is 4.27. The molecule has 0 saturated heterocycles. The smallest absolute Gasteiger partial charge is 0.134 e. The van der Waals surface area contributed by atoms with E-state index < -0.39 is 0 Å². The molecule has 14 heavy (non-hydrogen) atoms. The van der Waals surface area contributed by atoms with E-state index in [1.165, 1.54) is 5.56 Å². The van der Waals surface area contributed by atoms with Crippen molar-refractivity contribution < 1.29 is 4.79 Å². The van der Waals surface area contributed by atoms with Gasteiger partial charge in [0.15, 0.2) is 0 Å². The molecular formula is C12H17NO. The van der Waals surface area contributed by atoms with Crippen LogP contribution in [0.5, 0.6) is 0 Å². The van der Waals surface area contributed by atoms with Gasteiger partial charge in [0, 0.05) is 26.2 Å². The fraction of sp³-hybridized carbons (Fsp3) is 0.417. The Labute approximate surface area is 85.5 Å². The van der Waals surface area contributed by atoms with E-state index in [1.807, 2.05) is 31.1 Å². The normalized spacial score (nSPS) is 10.0. The molecule has 0 amide bonds. The molecule has 0 N–H and O–H groups in total. The van der Waals surface area contributed by atoms with E-state index in [0.29, 0.717) is 6.42 Å². The summed E-state index contributed by atoms with van der Waals surface area (Å²) in [6.07, 6.45) is 0.522. The largest absolute Gasteiger partial charge is 0.377 e. The zero-order valence-corrected chi connectivity index (χ0v) is 9.29. The molecule has 0 heterocycles. The number of rotatable bonds is 3. The molecule has 0 atom stereocenters. The van der Waals surface area contributed by atoms with Gasteiger partial charge in [-0.1, -0.05) is 12.1 Å². The van der Waals surface area contributed by atoms with Crippen LogP contribution in [0, 0.1) is 6.92 Å². The Bertz CT molecular complexity index is 342. The highest BCUT2D eigenvalue weighted by molar-refractivity contribution is 5.80. The maximum Gasteiger partial charge on any atom is 0.134 e. The van der Waals surface area contributed by atoms with Crippen molar-refractivity contribution in [2.24, 2.45) is 0 Å². The van der Waals surface area contributed by atoms with Gasteiger partial charge in [-0.3, -0.25) is 4.79 Å². The fourth-order valence-corrected chi connectivity index (χ4v) is 1.51. The molecular weight excluding hydrogens is 174 g/mol. The molecule has 1 aromatic rings. The van der Waals surface area contributed by atoms with Gasteiger partial charge in [-0.2, -0.15) is 0 Å². The number of nitrogens with zero attached hydrogens (tertiary/aromatic N) is 1. The number of benzene rings is 1. The SMILES string of the molecule is CC(=O)Cc1ccc(C)cc1N(C)C. The number of anilines is 1. The van der Waals surface area contributed by atoms with Gasteiger partial charge in [0.25, 0.3) is 0 Å². The minimum atomic E-state index is 0.206. The Kier molecular flexibility index (Phi) is 3.28. The second-order valence-corrected chi connectivity index (χ2v) is 3.91. The van der Waals surface area contributed by atoms with Crippen molar-refractivity contribution in [3.8, 4) is 0 Å². The first-order valence-electron chi connectivity index (χ1n) is 4.77. The predicted molar refractivity (Wildman–Crippen MR) is 59.9 cm³/mol. The first-order chi connectivity index (χ1) is 6.50. The van der Waals surface area contributed by atoms with Crippen molar-refractivity contribution in [2.45, 2.75) is 20.3 Å². The first kappa shape index (κ1) is 10.8. The lowest BCUT2D eigenvalue weighted by molar-refractivity contribution is -0.116. The summed E-state index contributed by atoms with van der Waals surface area (Å²) in [5.74, 6) is 0.206. The van der Waals surface area contributed by atoms with Crippen LogP contribution in [0.4, 0.5) is 5.69 Å². The Morgan fingerprint density at radius 2 is 2.00 bits per heavy atom. The third-order valence-electron chi connectivity index (χ3n) is 2.16. The predicted octanol–water partition coefficient (Wildman–Crippen LogP) is 2.19. The minimum absolute atomic E-state index is 0.206. The Morgan fingerprint density at radius 3 is 2.50 bits per heavy atom. The number of carbonyl (C=O) groups is 1. The van der Waals surface area contributed by atoms with Crippen LogP contribution in [0.1, 0.15) is 18.1 Å². The van der Waals surface area contributed by atoms with E-state index in [1.54, 1.807) is 6.92 Å². The van der Waals surface area contributed by atoms with Crippen LogP contribution in [0.15, 0.2) is 18.2 Å². The number of Topliss-reactive ketones (excluding diaryl/α,β-unsaturated/α-hetero) is 1. The highest BCUT2D eigenvalue weighted by Crippen LogP contribution is 2.20. The molecule has 1 aromatic carbocycles. The average molecular weight is 191 g/mol. The Hall–Kier alpha value is -1.31. The molecule has 0 aliphatic heterocycles. The van der Waals surface area contributed by atoms with Gasteiger partial charge >= 0.3 is 0 Å². The number of carbonyl (C=O) groups excluding carboxylic acids is 1. The van der Waals surface area contributed by atoms with Crippen molar-refractivity contribution in [3.63, 3.8) is 0 Å². The van der Waals surface area contributed by atoms with E-state index in [2.05, 4.69) is 13.0 Å². The number of hydrogen-bond acceptors (Lipinski definition) is 2. The standard InChI is InChI=1S/C12H17NO/c1-9-5-6-11(8-10(2)14)12(7-9)13(3)4/h5-7H,8H2,1-4H3. The van der Waals surface area contributed by atoms with Crippen molar-refractivity contribution in [1.82, 2.24) is 0 Å². The van der Waals surface area contributed by atoms with Gasteiger partial charge in [-0.05, 0) is 31.0 Å². The topological polar surface area (TPSA) is 20.3 Å². The summed E-state index contributed by atoms with van der Waals surface area (Å²) < 4.78 is 0. The van der Waals surface area contributed by atoms with Crippen LogP contribution in [-0.2, 0) is 11.2 Å². The average Bonchev–Trinajstić information content (AvgIpc) is 2.07. The molecule has 0 aliphatic rings. The van der Waals surface area contributed by atoms with Crippen LogP contribution < -0.4 is 4.90 Å². The Balaban J connectivity index is 3.08. The molecule has 2 nitrogen and oxygen atoms in total. The summed E-state index contributed by atoms with van der Waals surface area (Å²) in [5.41, 5.74) is 3.47. The zero-order valence-electron chi connectivity index (χ0n) is 9.29. The van der Waals surface area contributed by atoms with Gasteiger partial charge in [-0.25, -0.2) is 0 Å². The van der Waals surface area contributed by atoms with Crippen molar-refractivity contribution >= 4 is 11.5 Å². The lowest BCUT2D eigenvalue weighted by Gasteiger charge is -2.17. The second-order valence-electron chi connectivity index (χ2n) is 3.91. The van der Waals surface area contributed by atoms with Crippen LogP contribution in [0.3, 0.4) is 0 Å². The van der Waals surface area contributed by atoms with Crippen LogP contribution in [0.2, 0.25) is 0 Å². The highest BCUT2D eigenvalue weighted by Gasteiger charge is 2.06. The molecule has 0 saturated carbocycles. The number of hydrogen-bond donors (Lipinski definition) is 0. The van der Waals surface area contributed by atoms with E-state index in [4.69, 9.17) is 0 Å². The molecule has 0 radical (unpaired) electrons. The molecule has 0 aromatic heterocycles. The zero-order chi connectivity index (χ0) is 10.7. The molecule has 2 heteroatoms. The summed E-state index contributed by atoms with van der Waals surface area (Å²) in [5, 5.41) is 0. The maximum atomic E-state index is 11.1. The molecule has 76 valence electrons. The summed E-state index contributed by atoms with van der Waals surface area (Å²) in [7, 11) is 4.00. The highest BCUT2D eigenvalue weighted by atomic mass is 16.1. The number of ketones is 1. The monoisotopic (exact) mass is 191 g/mol. The molecule has 0 aliphatic carbocycles. The first-order valence-corrected chi connectivity index (χ1v) is 4.77. The van der Waals surface area contributed by atoms with E-state index in [-0.39, 0.29) is 5.78 Å². The summed E-state index contributed by atoms with van der Waals surface area (Å²) in [6, 6.07) is 6.19. The molecule has 0 fully saturated rings. The van der Waals surface area contributed by atoms with Crippen LogP contribution in [-0.4, -0.2) is 19.9 Å². The summed E-state index contributed by atoms with van der Waals surface area (Å²) in [4.78, 5) is 13.1. The van der Waals surface area contributed by atoms with Gasteiger partial charge in [-0.15, -0.1) is 0 Å². The van der Waals surface area contributed by atoms with Gasteiger partial charge < -0.3 is 4.90 Å².